The summed E-state index contributed by atoms with van der Waals surface area (Å²) in [7, 11) is 4.62. The highest BCUT2D eigenvalue weighted by atomic mass is 19.4. The van der Waals surface area contributed by atoms with Crippen molar-refractivity contribution in [1.82, 2.24) is 0 Å². The molecule has 3 rings (SSSR count). The molecule has 4 nitrogen and oxygen atoms in total. The molecule has 3 aromatic rings. The number of hydrogen-bond acceptors (Lipinski definition) is 4. The summed E-state index contributed by atoms with van der Waals surface area (Å²) >= 11 is 0. The van der Waals surface area contributed by atoms with E-state index in [-0.39, 0.29) is 0 Å². The molecule has 3 aromatic carbocycles. The molecule has 164 valence electrons. The third-order valence-corrected chi connectivity index (χ3v) is 4.95. The first-order chi connectivity index (χ1) is 14.8. The Labute approximate surface area is 179 Å². The zero-order valence-corrected chi connectivity index (χ0v) is 17.8. The minimum atomic E-state index is -4.38. The lowest BCUT2D eigenvalue weighted by atomic mass is 9.98. The molecular weight excluding hydrogens is 407 g/mol. The summed E-state index contributed by atoms with van der Waals surface area (Å²) in [6, 6.07) is 14.5. The summed E-state index contributed by atoms with van der Waals surface area (Å²) in [6.07, 6.45) is -3.68. The fourth-order valence-electron chi connectivity index (χ4n) is 3.37. The maximum atomic E-state index is 13.1. The lowest BCUT2D eigenvalue weighted by molar-refractivity contribution is -0.137. The van der Waals surface area contributed by atoms with Gasteiger partial charge in [-0.15, -0.1) is 0 Å². The van der Waals surface area contributed by atoms with Crippen LogP contribution in [0.1, 0.15) is 18.1 Å². The predicted molar refractivity (Wildman–Crippen MR) is 116 cm³/mol. The lowest BCUT2D eigenvalue weighted by Gasteiger charge is -2.17. The Morgan fingerprint density at radius 1 is 0.806 bits per heavy atom. The van der Waals surface area contributed by atoms with Crippen LogP contribution in [0.2, 0.25) is 0 Å². The number of aryl methyl sites for hydroxylation is 1. The summed E-state index contributed by atoms with van der Waals surface area (Å²) in [5, 5.41) is 3.34. The van der Waals surface area contributed by atoms with Crippen molar-refractivity contribution in [1.29, 1.82) is 0 Å². The molecule has 0 bridgehead atoms. The van der Waals surface area contributed by atoms with E-state index in [1.165, 1.54) is 19.2 Å². The van der Waals surface area contributed by atoms with Crippen LogP contribution in [-0.2, 0) is 12.6 Å². The molecule has 0 spiro atoms. The highest BCUT2D eigenvalue weighted by molar-refractivity contribution is 5.74. The summed E-state index contributed by atoms with van der Waals surface area (Å²) in [5.74, 6) is 1.53. The summed E-state index contributed by atoms with van der Waals surface area (Å²) < 4.78 is 55.4. The molecule has 7 heteroatoms. The second kappa shape index (κ2) is 9.20. The molecule has 0 aliphatic carbocycles. The van der Waals surface area contributed by atoms with E-state index in [4.69, 9.17) is 14.2 Å². The van der Waals surface area contributed by atoms with Gasteiger partial charge in [0.2, 0.25) is 5.75 Å². The normalized spacial score (nSPS) is 11.2. The van der Waals surface area contributed by atoms with E-state index in [0.717, 1.165) is 28.6 Å². The van der Waals surface area contributed by atoms with Crippen molar-refractivity contribution in [3.05, 3.63) is 65.7 Å². The Kier molecular flexibility index (Phi) is 6.63. The summed E-state index contributed by atoms with van der Waals surface area (Å²) in [5.41, 5.74) is 3.11. The molecule has 0 saturated heterocycles. The molecule has 1 N–H and O–H groups in total. The highest BCUT2D eigenvalue weighted by Gasteiger charge is 2.30. The monoisotopic (exact) mass is 431 g/mol. The van der Waals surface area contributed by atoms with Crippen molar-refractivity contribution in [3.8, 4) is 28.4 Å². The van der Waals surface area contributed by atoms with E-state index in [9.17, 15) is 13.2 Å². The average Bonchev–Trinajstić information content (AvgIpc) is 2.78. The van der Waals surface area contributed by atoms with Crippen molar-refractivity contribution in [2.45, 2.75) is 19.5 Å². The van der Waals surface area contributed by atoms with Gasteiger partial charge in [-0.05, 0) is 47.4 Å². The van der Waals surface area contributed by atoms with Gasteiger partial charge in [-0.25, -0.2) is 0 Å². The first kappa shape index (κ1) is 22.3. The molecule has 0 aromatic heterocycles. The Hall–Kier alpha value is -3.35. The van der Waals surface area contributed by atoms with Crippen LogP contribution in [0.4, 0.5) is 24.5 Å². The van der Waals surface area contributed by atoms with Gasteiger partial charge >= 0.3 is 6.18 Å². The number of alkyl halides is 3. The fourth-order valence-corrected chi connectivity index (χ4v) is 3.37. The smallest absolute Gasteiger partial charge is 0.416 e. The van der Waals surface area contributed by atoms with Crippen LogP contribution in [-0.4, -0.2) is 21.3 Å². The Balaban J connectivity index is 1.97. The number of halogens is 3. The highest BCUT2D eigenvalue weighted by Crippen LogP contribution is 2.41. The number of benzene rings is 3. The van der Waals surface area contributed by atoms with E-state index in [1.54, 1.807) is 38.5 Å². The number of nitrogens with one attached hydrogen (secondary N) is 1. The van der Waals surface area contributed by atoms with Crippen LogP contribution in [0, 0.1) is 0 Å². The molecule has 0 radical (unpaired) electrons. The third-order valence-electron chi connectivity index (χ3n) is 4.95. The van der Waals surface area contributed by atoms with E-state index in [1.807, 2.05) is 19.1 Å². The Morgan fingerprint density at radius 3 is 2.00 bits per heavy atom. The van der Waals surface area contributed by atoms with Gasteiger partial charge in [0, 0.05) is 23.5 Å². The van der Waals surface area contributed by atoms with Crippen LogP contribution >= 0.6 is 0 Å². The minimum Gasteiger partial charge on any atom is -0.493 e. The van der Waals surface area contributed by atoms with Crippen LogP contribution in [0.25, 0.3) is 11.1 Å². The third kappa shape index (κ3) is 4.87. The largest absolute Gasteiger partial charge is 0.493 e. The van der Waals surface area contributed by atoms with E-state index < -0.39 is 11.7 Å². The molecule has 0 saturated carbocycles. The van der Waals surface area contributed by atoms with Gasteiger partial charge in [0.25, 0.3) is 0 Å². The van der Waals surface area contributed by atoms with Crippen LogP contribution in [0.5, 0.6) is 17.2 Å². The van der Waals surface area contributed by atoms with Gasteiger partial charge in [0.05, 0.1) is 26.9 Å². The van der Waals surface area contributed by atoms with Gasteiger partial charge in [0.1, 0.15) is 0 Å². The van der Waals surface area contributed by atoms with Crippen molar-refractivity contribution < 1.29 is 27.4 Å². The number of anilines is 2. The van der Waals surface area contributed by atoms with Gasteiger partial charge in [-0.2, -0.15) is 13.2 Å². The van der Waals surface area contributed by atoms with E-state index in [2.05, 4.69) is 5.32 Å². The quantitative estimate of drug-likeness (QED) is 0.452. The van der Waals surface area contributed by atoms with Crippen molar-refractivity contribution >= 4 is 11.4 Å². The van der Waals surface area contributed by atoms with Gasteiger partial charge in [0.15, 0.2) is 11.5 Å². The number of hydrogen-bond donors (Lipinski definition) is 1. The van der Waals surface area contributed by atoms with Crippen LogP contribution < -0.4 is 19.5 Å². The Bertz CT molecular complexity index is 1040. The fraction of sp³-hybridized carbons (Fsp3) is 0.250. The van der Waals surface area contributed by atoms with Crippen molar-refractivity contribution in [2.24, 2.45) is 0 Å². The van der Waals surface area contributed by atoms with Crippen LogP contribution in [0.15, 0.2) is 54.6 Å². The molecule has 0 aliphatic heterocycles. The first-order valence-corrected chi connectivity index (χ1v) is 9.68. The van der Waals surface area contributed by atoms with Gasteiger partial charge in [-0.3, -0.25) is 0 Å². The maximum absolute atomic E-state index is 13.1. The molecule has 0 aliphatic rings. The SMILES string of the molecule is CCc1cc(-c2cccc(C(F)(F)F)c2)ccc1Nc1cc(OC)c(OC)c(OC)c1. The topological polar surface area (TPSA) is 39.7 Å². The summed E-state index contributed by atoms with van der Waals surface area (Å²) in [6.45, 7) is 1.99. The summed E-state index contributed by atoms with van der Waals surface area (Å²) in [4.78, 5) is 0. The van der Waals surface area contributed by atoms with Crippen molar-refractivity contribution in [2.75, 3.05) is 26.6 Å². The number of rotatable bonds is 7. The molecule has 0 unspecified atom stereocenters. The molecular formula is C24H24F3NO3. The molecule has 0 fully saturated rings. The standard InChI is InChI=1S/C24H24F3NO3/c1-5-15-11-17(16-7-6-8-18(12-16)24(25,26)27)9-10-20(15)28-19-13-21(29-2)23(31-4)22(14-19)30-3/h6-14,28H,5H2,1-4H3. The first-order valence-electron chi connectivity index (χ1n) is 9.68. The Morgan fingerprint density at radius 2 is 1.45 bits per heavy atom. The number of methoxy groups -OCH3 is 3. The van der Waals surface area contributed by atoms with Crippen LogP contribution in [0.3, 0.4) is 0 Å². The predicted octanol–water partition coefficient (Wildman–Crippen LogP) is 6.70. The second-order valence-electron chi connectivity index (χ2n) is 6.84. The molecule has 0 heterocycles. The van der Waals surface area contributed by atoms with E-state index in [0.29, 0.717) is 29.2 Å². The second-order valence-corrected chi connectivity index (χ2v) is 6.84. The average molecular weight is 431 g/mol. The van der Waals surface area contributed by atoms with E-state index >= 15 is 0 Å². The zero-order chi connectivity index (χ0) is 22.6. The zero-order valence-electron chi connectivity index (χ0n) is 17.8. The van der Waals surface area contributed by atoms with Gasteiger partial charge < -0.3 is 19.5 Å². The van der Waals surface area contributed by atoms with Crippen molar-refractivity contribution in [3.63, 3.8) is 0 Å². The molecule has 0 amide bonds. The minimum absolute atomic E-state index is 0.492. The molecule has 31 heavy (non-hydrogen) atoms. The maximum Gasteiger partial charge on any atom is 0.416 e. The molecule has 0 atom stereocenters. The lowest BCUT2D eigenvalue weighted by Crippen LogP contribution is -2.04. The number of ether oxygens (including phenoxy) is 3. The van der Waals surface area contributed by atoms with Gasteiger partial charge in [-0.1, -0.05) is 25.1 Å².